The van der Waals surface area contributed by atoms with Crippen LogP contribution in [0.15, 0.2) is 24.3 Å². The molecule has 0 bridgehead atoms. The first kappa shape index (κ1) is 12.3. The maximum Gasteiger partial charge on any atom is 0.125 e. The van der Waals surface area contributed by atoms with Crippen LogP contribution in [0.25, 0.3) is 0 Å². The summed E-state index contributed by atoms with van der Waals surface area (Å²) in [6.07, 6.45) is 1.75. The van der Waals surface area contributed by atoms with Crippen LogP contribution in [-0.2, 0) is 0 Å². The SMILES string of the molecule is OCCC1CNCCCN1c1cccc(F)c1. The lowest BCUT2D eigenvalue weighted by molar-refractivity contribution is 0.273. The molecule has 1 fully saturated rings. The van der Waals surface area contributed by atoms with Crippen LogP contribution in [0.5, 0.6) is 0 Å². The highest BCUT2D eigenvalue weighted by Gasteiger charge is 2.20. The first-order valence-electron chi connectivity index (χ1n) is 6.15. The number of hydrogen-bond acceptors (Lipinski definition) is 3. The summed E-state index contributed by atoms with van der Waals surface area (Å²) < 4.78 is 13.2. The molecule has 1 aromatic carbocycles. The van der Waals surface area contributed by atoms with Crippen molar-refractivity contribution in [3.8, 4) is 0 Å². The van der Waals surface area contributed by atoms with E-state index in [1.54, 1.807) is 12.1 Å². The van der Waals surface area contributed by atoms with E-state index < -0.39 is 0 Å². The highest BCUT2D eigenvalue weighted by atomic mass is 19.1. The summed E-state index contributed by atoms with van der Waals surface area (Å²) in [6.45, 7) is 2.89. The maximum atomic E-state index is 13.2. The fraction of sp³-hybridized carbons (Fsp3) is 0.538. The van der Waals surface area contributed by atoms with Gasteiger partial charge in [-0.3, -0.25) is 0 Å². The van der Waals surface area contributed by atoms with Crippen LogP contribution in [0.2, 0.25) is 0 Å². The molecule has 0 aromatic heterocycles. The summed E-state index contributed by atoms with van der Waals surface area (Å²) >= 11 is 0. The highest BCUT2D eigenvalue weighted by molar-refractivity contribution is 5.47. The third kappa shape index (κ3) is 3.17. The molecule has 1 atom stereocenters. The Labute approximate surface area is 101 Å². The molecule has 3 nitrogen and oxygen atoms in total. The standard InChI is InChI=1S/C13H19FN2O/c14-11-3-1-4-12(9-11)16-7-2-6-15-10-13(16)5-8-17/h1,3-4,9,13,15,17H,2,5-8,10H2. The summed E-state index contributed by atoms with van der Waals surface area (Å²) in [5, 5.41) is 12.5. The number of nitrogens with one attached hydrogen (secondary N) is 1. The van der Waals surface area contributed by atoms with Crippen LogP contribution in [0.1, 0.15) is 12.8 Å². The van der Waals surface area contributed by atoms with Gasteiger partial charge in [0.25, 0.3) is 0 Å². The minimum absolute atomic E-state index is 0.165. The van der Waals surface area contributed by atoms with Gasteiger partial charge in [-0.15, -0.1) is 0 Å². The molecule has 0 amide bonds. The second-order valence-electron chi connectivity index (χ2n) is 4.40. The number of halogens is 1. The number of benzene rings is 1. The summed E-state index contributed by atoms with van der Waals surface area (Å²) in [7, 11) is 0. The van der Waals surface area contributed by atoms with Crippen molar-refractivity contribution in [2.45, 2.75) is 18.9 Å². The Morgan fingerprint density at radius 2 is 2.35 bits per heavy atom. The van der Waals surface area contributed by atoms with E-state index in [0.717, 1.165) is 31.7 Å². The lowest BCUT2D eigenvalue weighted by atomic mass is 10.1. The van der Waals surface area contributed by atoms with Crippen LogP contribution < -0.4 is 10.2 Å². The smallest absolute Gasteiger partial charge is 0.125 e. The van der Waals surface area contributed by atoms with E-state index in [0.29, 0.717) is 6.42 Å². The number of aliphatic hydroxyl groups is 1. The fourth-order valence-corrected chi connectivity index (χ4v) is 2.34. The Bertz CT molecular complexity index is 359. The molecule has 4 heteroatoms. The van der Waals surface area contributed by atoms with Crippen LogP contribution in [-0.4, -0.2) is 37.4 Å². The zero-order chi connectivity index (χ0) is 12.1. The average Bonchev–Trinajstić information content (AvgIpc) is 2.55. The third-order valence-corrected chi connectivity index (χ3v) is 3.18. The summed E-state index contributed by atoms with van der Waals surface area (Å²) in [5.74, 6) is -0.206. The van der Waals surface area contributed by atoms with Crippen molar-refractivity contribution in [2.75, 3.05) is 31.1 Å². The van der Waals surface area contributed by atoms with E-state index in [9.17, 15) is 4.39 Å². The van der Waals surface area contributed by atoms with Gasteiger partial charge in [-0.1, -0.05) is 6.07 Å². The molecule has 2 rings (SSSR count). The molecule has 0 aliphatic carbocycles. The number of hydrogen-bond donors (Lipinski definition) is 2. The normalized spacial score (nSPS) is 21.3. The van der Waals surface area contributed by atoms with E-state index in [1.165, 1.54) is 6.07 Å². The lowest BCUT2D eigenvalue weighted by Gasteiger charge is -2.31. The molecule has 1 aliphatic rings. The number of nitrogens with zero attached hydrogens (tertiary/aromatic N) is 1. The van der Waals surface area contributed by atoms with E-state index in [4.69, 9.17) is 5.11 Å². The molecule has 0 radical (unpaired) electrons. The van der Waals surface area contributed by atoms with Gasteiger partial charge in [-0.05, 0) is 37.6 Å². The molecule has 2 N–H and O–H groups in total. The minimum atomic E-state index is -0.206. The van der Waals surface area contributed by atoms with Crippen LogP contribution in [0.3, 0.4) is 0 Å². The molecule has 1 heterocycles. The predicted molar refractivity (Wildman–Crippen MR) is 66.7 cm³/mol. The van der Waals surface area contributed by atoms with Crippen LogP contribution >= 0.6 is 0 Å². The molecule has 1 aromatic rings. The van der Waals surface area contributed by atoms with Crippen molar-refractivity contribution < 1.29 is 9.50 Å². The molecule has 17 heavy (non-hydrogen) atoms. The lowest BCUT2D eigenvalue weighted by Crippen LogP contribution is -2.40. The van der Waals surface area contributed by atoms with Crippen molar-refractivity contribution in [1.29, 1.82) is 0 Å². The summed E-state index contributed by atoms with van der Waals surface area (Å²) in [6, 6.07) is 6.93. The minimum Gasteiger partial charge on any atom is -0.396 e. The monoisotopic (exact) mass is 238 g/mol. The molecule has 0 saturated carbocycles. The zero-order valence-corrected chi connectivity index (χ0v) is 9.90. The molecule has 94 valence electrons. The van der Waals surface area contributed by atoms with Crippen LogP contribution in [0, 0.1) is 5.82 Å². The van der Waals surface area contributed by atoms with Crippen molar-refractivity contribution in [3.05, 3.63) is 30.1 Å². The van der Waals surface area contributed by atoms with Crippen LogP contribution in [0.4, 0.5) is 10.1 Å². The van der Waals surface area contributed by atoms with Gasteiger partial charge in [0, 0.05) is 31.4 Å². The number of anilines is 1. The molecule has 1 unspecified atom stereocenters. The first-order chi connectivity index (χ1) is 8.31. The Balaban J connectivity index is 2.19. The zero-order valence-electron chi connectivity index (χ0n) is 9.90. The van der Waals surface area contributed by atoms with Gasteiger partial charge in [0.15, 0.2) is 0 Å². The van der Waals surface area contributed by atoms with Gasteiger partial charge in [-0.2, -0.15) is 0 Å². The second kappa shape index (κ2) is 5.98. The molecular weight excluding hydrogens is 219 g/mol. The van der Waals surface area contributed by atoms with Gasteiger partial charge in [0.05, 0.1) is 0 Å². The highest BCUT2D eigenvalue weighted by Crippen LogP contribution is 2.21. The molecule has 0 spiro atoms. The third-order valence-electron chi connectivity index (χ3n) is 3.18. The average molecular weight is 238 g/mol. The summed E-state index contributed by atoms with van der Waals surface area (Å²) in [4.78, 5) is 2.19. The Kier molecular flexibility index (Phi) is 4.34. The fourth-order valence-electron chi connectivity index (χ4n) is 2.34. The van der Waals surface area contributed by atoms with Gasteiger partial charge in [-0.25, -0.2) is 4.39 Å². The Morgan fingerprint density at radius 1 is 1.47 bits per heavy atom. The second-order valence-corrected chi connectivity index (χ2v) is 4.40. The molecule has 1 aliphatic heterocycles. The van der Waals surface area contributed by atoms with Gasteiger partial charge in [0.1, 0.15) is 5.82 Å². The summed E-state index contributed by atoms with van der Waals surface area (Å²) in [5.41, 5.74) is 0.909. The van der Waals surface area contributed by atoms with E-state index >= 15 is 0 Å². The number of aliphatic hydroxyl groups excluding tert-OH is 1. The van der Waals surface area contributed by atoms with Crippen molar-refractivity contribution in [1.82, 2.24) is 5.32 Å². The topological polar surface area (TPSA) is 35.5 Å². The van der Waals surface area contributed by atoms with Crippen molar-refractivity contribution >= 4 is 5.69 Å². The first-order valence-corrected chi connectivity index (χ1v) is 6.15. The van der Waals surface area contributed by atoms with Gasteiger partial charge in [0.2, 0.25) is 0 Å². The number of rotatable bonds is 3. The predicted octanol–water partition coefficient (Wildman–Crippen LogP) is 1.38. The maximum absolute atomic E-state index is 13.2. The largest absolute Gasteiger partial charge is 0.396 e. The van der Waals surface area contributed by atoms with Gasteiger partial charge < -0.3 is 15.3 Å². The van der Waals surface area contributed by atoms with E-state index in [-0.39, 0.29) is 18.5 Å². The van der Waals surface area contributed by atoms with E-state index in [2.05, 4.69) is 10.2 Å². The van der Waals surface area contributed by atoms with Crippen molar-refractivity contribution in [2.24, 2.45) is 0 Å². The molecule has 1 saturated heterocycles. The van der Waals surface area contributed by atoms with Crippen molar-refractivity contribution in [3.63, 3.8) is 0 Å². The Morgan fingerprint density at radius 3 is 3.12 bits per heavy atom. The molecular formula is C13H19FN2O. The Hall–Kier alpha value is -1.13. The van der Waals surface area contributed by atoms with Gasteiger partial charge >= 0.3 is 0 Å². The quantitative estimate of drug-likeness (QED) is 0.835. The van der Waals surface area contributed by atoms with E-state index in [1.807, 2.05) is 6.07 Å².